The number of halogens is 1. The molecule has 4 rings (SSSR count). The lowest BCUT2D eigenvalue weighted by atomic mass is 9.73. The van der Waals surface area contributed by atoms with Crippen LogP contribution in [0.5, 0.6) is 0 Å². The second kappa shape index (κ2) is 7.01. The summed E-state index contributed by atoms with van der Waals surface area (Å²) in [7, 11) is 0. The number of rotatable bonds is 3. The fourth-order valence-electron chi connectivity index (χ4n) is 5.17. The average molecular weight is 358 g/mol. The maximum Gasteiger partial charge on any atom is 0.230 e. The van der Waals surface area contributed by atoms with Gasteiger partial charge in [-0.2, -0.15) is 0 Å². The van der Waals surface area contributed by atoms with Crippen LogP contribution in [-0.4, -0.2) is 54.5 Å². The van der Waals surface area contributed by atoms with Crippen molar-refractivity contribution in [1.29, 1.82) is 0 Å². The Labute approximate surface area is 154 Å². The van der Waals surface area contributed by atoms with Crippen molar-refractivity contribution >= 4 is 11.8 Å². The molecule has 2 fully saturated rings. The Kier molecular flexibility index (Phi) is 4.72. The average Bonchev–Trinajstić information content (AvgIpc) is 3.30. The van der Waals surface area contributed by atoms with Crippen molar-refractivity contribution in [3.63, 3.8) is 0 Å². The molecule has 140 valence electrons. The zero-order chi connectivity index (χ0) is 18.1. The molecule has 4 nitrogen and oxygen atoms in total. The molecule has 2 saturated heterocycles. The minimum absolute atomic E-state index is 0.0108. The first kappa shape index (κ1) is 17.5. The molecule has 0 saturated carbocycles. The fraction of sp³-hybridized carbons (Fsp3) is 0.619. The number of nitrogens with zero attached hydrogens (tertiary/aromatic N) is 2. The van der Waals surface area contributed by atoms with Crippen LogP contribution in [0.3, 0.4) is 0 Å². The summed E-state index contributed by atoms with van der Waals surface area (Å²) in [5, 5.41) is 0. The number of likely N-dealkylation sites (tertiary alicyclic amines) is 2. The van der Waals surface area contributed by atoms with Crippen molar-refractivity contribution in [2.75, 3.05) is 32.9 Å². The highest BCUT2D eigenvalue weighted by Gasteiger charge is 2.48. The molecule has 3 aliphatic rings. The van der Waals surface area contributed by atoms with Gasteiger partial charge in [0.2, 0.25) is 11.8 Å². The zero-order valence-corrected chi connectivity index (χ0v) is 15.3. The Morgan fingerprint density at radius 2 is 1.73 bits per heavy atom. The summed E-state index contributed by atoms with van der Waals surface area (Å²) >= 11 is 0. The summed E-state index contributed by atoms with van der Waals surface area (Å²) in [6, 6.07) is 8.38. The van der Waals surface area contributed by atoms with Gasteiger partial charge in [0.15, 0.2) is 0 Å². The third-order valence-electron chi connectivity index (χ3n) is 6.60. The van der Waals surface area contributed by atoms with Gasteiger partial charge in [0.05, 0.1) is 19.0 Å². The van der Waals surface area contributed by atoms with Crippen LogP contribution >= 0.6 is 0 Å². The second-order valence-corrected chi connectivity index (χ2v) is 7.98. The van der Waals surface area contributed by atoms with Gasteiger partial charge >= 0.3 is 0 Å². The number of benzene rings is 1. The lowest BCUT2D eigenvalue weighted by Gasteiger charge is -2.40. The number of carbonyl (C=O) groups excluding carboxylic acids is 2. The van der Waals surface area contributed by atoms with Crippen molar-refractivity contribution < 1.29 is 14.0 Å². The van der Waals surface area contributed by atoms with Gasteiger partial charge in [-0.05, 0) is 43.2 Å². The second-order valence-electron chi connectivity index (χ2n) is 7.98. The van der Waals surface area contributed by atoms with Gasteiger partial charge in [-0.15, -0.1) is 0 Å². The van der Waals surface area contributed by atoms with E-state index in [0.717, 1.165) is 45.2 Å². The number of amides is 2. The molecule has 0 radical (unpaired) electrons. The van der Waals surface area contributed by atoms with Crippen molar-refractivity contribution in [3.05, 3.63) is 35.4 Å². The van der Waals surface area contributed by atoms with Crippen LogP contribution in [0, 0.1) is 0 Å². The maximum absolute atomic E-state index is 13.1. The third kappa shape index (κ3) is 2.91. The number of alkyl halides is 1. The number of hydrogen-bond donors (Lipinski definition) is 0. The summed E-state index contributed by atoms with van der Waals surface area (Å²) in [5.41, 5.74) is 2.48. The van der Waals surface area contributed by atoms with Crippen molar-refractivity contribution in [2.45, 2.75) is 49.9 Å². The highest BCUT2D eigenvalue weighted by molar-refractivity contribution is 5.86. The van der Waals surface area contributed by atoms with Crippen molar-refractivity contribution in [1.82, 2.24) is 9.80 Å². The fourth-order valence-corrected chi connectivity index (χ4v) is 5.17. The molecule has 1 aliphatic carbocycles. The van der Waals surface area contributed by atoms with Crippen molar-refractivity contribution in [3.8, 4) is 0 Å². The normalized spacial score (nSPS) is 24.1. The monoisotopic (exact) mass is 358 g/mol. The molecule has 0 aromatic heterocycles. The smallest absolute Gasteiger partial charge is 0.230 e. The van der Waals surface area contributed by atoms with Crippen LogP contribution in [0.2, 0.25) is 0 Å². The Morgan fingerprint density at radius 1 is 1.04 bits per heavy atom. The molecule has 0 bridgehead atoms. The predicted octanol–water partition coefficient (Wildman–Crippen LogP) is 3.02. The summed E-state index contributed by atoms with van der Waals surface area (Å²) in [5.74, 6) is 0.151. The Balaban J connectivity index is 1.55. The molecule has 2 aliphatic heterocycles. The Hall–Kier alpha value is -1.91. The van der Waals surface area contributed by atoms with E-state index in [1.807, 2.05) is 11.0 Å². The molecule has 0 N–H and O–H groups in total. The molecular weight excluding hydrogens is 331 g/mol. The molecule has 1 atom stereocenters. The molecule has 26 heavy (non-hydrogen) atoms. The van der Waals surface area contributed by atoms with Crippen LogP contribution in [0.15, 0.2) is 24.3 Å². The van der Waals surface area contributed by atoms with E-state index in [9.17, 15) is 14.0 Å². The van der Waals surface area contributed by atoms with E-state index in [-0.39, 0.29) is 29.6 Å². The predicted molar refractivity (Wildman–Crippen MR) is 97.7 cm³/mol. The van der Waals surface area contributed by atoms with E-state index in [0.29, 0.717) is 13.1 Å². The van der Waals surface area contributed by atoms with Gasteiger partial charge in [-0.1, -0.05) is 24.3 Å². The van der Waals surface area contributed by atoms with E-state index < -0.39 is 6.67 Å². The Morgan fingerprint density at radius 3 is 2.42 bits per heavy atom. The molecule has 1 aromatic rings. The summed E-state index contributed by atoms with van der Waals surface area (Å²) in [6.07, 6.45) is 4.79. The van der Waals surface area contributed by atoms with E-state index in [4.69, 9.17) is 0 Å². The van der Waals surface area contributed by atoms with E-state index in [2.05, 4.69) is 18.2 Å². The summed E-state index contributed by atoms with van der Waals surface area (Å²) in [4.78, 5) is 29.0. The van der Waals surface area contributed by atoms with Crippen LogP contribution in [0.4, 0.5) is 4.39 Å². The first-order chi connectivity index (χ1) is 12.6. The SMILES string of the molecule is O=C(CCF)N1CCC2(CC1)CC(C(=O)N1CCCC1)c1ccccc12. The lowest BCUT2D eigenvalue weighted by molar-refractivity contribution is -0.134. The van der Waals surface area contributed by atoms with Crippen LogP contribution in [-0.2, 0) is 15.0 Å². The first-order valence-electron chi connectivity index (χ1n) is 9.86. The molecule has 5 heteroatoms. The zero-order valence-electron chi connectivity index (χ0n) is 15.3. The summed E-state index contributed by atoms with van der Waals surface area (Å²) in [6.45, 7) is 2.51. The van der Waals surface area contributed by atoms with E-state index >= 15 is 0 Å². The molecule has 1 aromatic carbocycles. The minimum Gasteiger partial charge on any atom is -0.343 e. The first-order valence-corrected chi connectivity index (χ1v) is 9.86. The number of fused-ring (bicyclic) bond motifs is 2. The van der Waals surface area contributed by atoms with Gasteiger partial charge in [0.1, 0.15) is 0 Å². The van der Waals surface area contributed by atoms with Gasteiger partial charge < -0.3 is 9.80 Å². The van der Waals surface area contributed by atoms with Gasteiger partial charge in [-0.25, -0.2) is 0 Å². The van der Waals surface area contributed by atoms with Gasteiger partial charge in [-0.3, -0.25) is 14.0 Å². The molecular formula is C21H27FN2O2. The number of carbonyl (C=O) groups is 2. The lowest BCUT2D eigenvalue weighted by Crippen LogP contribution is -2.44. The van der Waals surface area contributed by atoms with E-state index in [1.165, 1.54) is 11.1 Å². The number of piperidine rings is 1. The largest absolute Gasteiger partial charge is 0.343 e. The molecule has 2 amide bonds. The van der Waals surface area contributed by atoms with Crippen LogP contribution in [0.1, 0.15) is 55.6 Å². The van der Waals surface area contributed by atoms with Gasteiger partial charge in [0.25, 0.3) is 0 Å². The highest BCUT2D eigenvalue weighted by Crippen LogP contribution is 2.52. The molecule has 1 unspecified atom stereocenters. The Bertz CT molecular complexity index is 691. The quantitative estimate of drug-likeness (QED) is 0.833. The van der Waals surface area contributed by atoms with Crippen LogP contribution < -0.4 is 0 Å². The molecule has 2 heterocycles. The van der Waals surface area contributed by atoms with Crippen molar-refractivity contribution in [2.24, 2.45) is 0 Å². The van der Waals surface area contributed by atoms with Crippen LogP contribution in [0.25, 0.3) is 0 Å². The summed E-state index contributed by atoms with van der Waals surface area (Å²) < 4.78 is 12.5. The third-order valence-corrected chi connectivity index (χ3v) is 6.60. The number of hydrogen-bond acceptors (Lipinski definition) is 2. The maximum atomic E-state index is 13.1. The highest BCUT2D eigenvalue weighted by atomic mass is 19.1. The molecule has 1 spiro atoms. The topological polar surface area (TPSA) is 40.6 Å². The standard InChI is InChI=1S/C21H27FN2O2/c22-10-7-19(25)23-13-8-21(9-14-23)15-17(16-5-1-2-6-18(16)21)20(26)24-11-3-4-12-24/h1-2,5-6,17H,3-4,7-15H2. The minimum atomic E-state index is -0.588. The van der Waals surface area contributed by atoms with E-state index in [1.54, 1.807) is 4.90 Å². The van der Waals surface area contributed by atoms with Gasteiger partial charge in [0, 0.05) is 31.6 Å².